The van der Waals surface area contributed by atoms with Crippen LogP contribution in [0.4, 0.5) is 5.69 Å². The van der Waals surface area contributed by atoms with Crippen molar-refractivity contribution >= 4 is 27.5 Å². The molecule has 0 heterocycles. The number of halogens is 1. The molecule has 0 aliphatic carbocycles. The molecule has 0 fully saturated rings. The van der Waals surface area contributed by atoms with Gasteiger partial charge in [0.15, 0.2) is 0 Å². The first kappa shape index (κ1) is 12.5. The van der Waals surface area contributed by atoms with Crippen molar-refractivity contribution in [3.63, 3.8) is 0 Å². The molecule has 1 aromatic rings. The summed E-state index contributed by atoms with van der Waals surface area (Å²) >= 11 is 3.19. The van der Waals surface area contributed by atoms with Gasteiger partial charge in [-0.25, -0.2) is 0 Å². The van der Waals surface area contributed by atoms with Crippen LogP contribution in [-0.2, 0) is 4.79 Å². The van der Waals surface area contributed by atoms with Crippen LogP contribution in [0.2, 0.25) is 0 Å². The van der Waals surface area contributed by atoms with Gasteiger partial charge in [0.25, 0.3) is 0 Å². The molecule has 1 aromatic carbocycles. The molecule has 0 atom stereocenters. The molecule has 16 heavy (non-hydrogen) atoms. The third-order valence-electron chi connectivity index (χ3n) is 1.93. The van der Waals surface area contributed by atoms with Gasteiger partial charge in [0.2, 0.25) is 5.91 Å². The molecule has 0 aliphatic heterocycles. The highest BCUT2D eigenvalue weighted by Crippen LogP contribution is 2.25. The summed E-state index contributed by atoms with van der Waals surface area (Å²) in [5.74, 6) is 0.391. The van der Waals surface area contributed by atoms with Gasteiger partial charge in [-0.3, -0.25) is 4.79 Å². The Balaban J connectivity index is 2.88. The van der Waals surface area contributed by atoms with E-state index in [0.717, 1.165) is 0 Å². The Hall–Kier alpha value is -1.54. The highest BCUT2D eigenvalue weighted by atomic mass is 79.9. The van der Waals surface area contributed by atoms with Crippen LogP contribution in [-0.4, -0.2) is 18.3 Å². The Morgan fingerprint density at radius 1 is 1.62 bits per heavy atom. The van der Waals surface area contributed by atoms with Crippen LogP contribution >= 0.6 is 15.9 Å². The first-order valence-corrected chi connectivity index (χ1v) is 5.77. The molecule has 0 saturated carbocycles. The van der Waals surface area contributed by atoms with Crippen LogP contribution in [0.15, 0.2) is 18.2 Å². The van der Waals surface area contributed by atoms with Gasteiger partial charge in [0.1, 0.15) is 5.75 Å². The first-order chi connectivity index (χ1) is 7.71. The van der Waals surface area contributed by atoms with Crippen molar-refractivity contribution < 1.29 is 9.53 Å². The maximum Gasteiger partial charge on any atom is 0.225 e. The topological polar surface area (TPSA) is 62.1 Å². The van der Waals surface area contributed by atoms with Gasteiger partial charge in [-0.05, 0) is 12.1 Å². The van der Waals surface area contributed by atoms with Gasteiger partial charge in [0, 0.05) is 17.8 Å². The number of hydrogen-bond acceptors (Lipinski definition) is 3. The standard InChI is InChI=1S/C11H11BrN2O2/c1-16-10-6-8(7-13)2-3-9(10)14-11(15)4-5-12/h2-3,6H,4-5H2,1H3,(H,14,15). The summed E-state index contributed by atoms with van der Waals surface area (Å²) in [7, 11) is 1.50. The van der Waals surface area contributed by atoms with E-state index in [1.807, 2.05) is 6.07 Å². The molecule has 84 valence electrons. The number of carbonyl (C=O) groups is 1. The Labute approximate surface area is 102 Å². The summed E-state index contributed by atoms with van der Waals surface area (Å²) < 4.78 is 5.09. The van der Waals surface area contributed by atoms with Crippen molar-refractivity contribution in [1.29, 1.82) is 5.26 Å². The van der Waals surface area contributed by atoms with Crippen molar-refractivity contribution in [2.75, 3.05) is 17.8 Å². The Kier molecular flexibility index (Phi) is 4.80. The highest BCUT2D eigenvalue weighted by molar-refractivity contribution is 9.09. The second-order valence-corrected chi connectivity index (χ2v) is 3.81. The molecule has 4 nitrogen and oxygen atoms in total. The lowest BCUT2D eigenvalue weighted by atomic mass is 10.2. The Morgan fingerprint density at radius 3 is 2.94 bits per heavy atom. The summed E-state index contributed by atoms with van der Waals surface area (Å²) in [4.78, 5) is 11.4. The van der Waals surface area contributed by atoms with E-state index in [9.17, 15) is 4.79 Å². The maximum absolute atomic E-state index is 11.4. The number of nitrogens with one attached hydrogen (secondary N) is 1. The monoisotopic (exact) mass is 282 g/mol. The van der Waals surface area contributed by atoms with Crippen molar-refractivity contribution in [1.82, 2.24) is 0 Å². The minimum atomic E-state index is -0.0973. The maximum atomic E-state index is 11.4. The summed E-state index contributed by atoms with van der Waals surface area (Å²) in [6.07, 6.45) is 0.392. The summed E-state index contributed by atoms with van der Waals surface area (Å²) in [5, 5.41) is 12.0. The van der Waals surface area contributed by atoms with Crippen molar-refractivity contribution in [2.45, 2.75) is 6.42 Å². The summed E-state index contributed by atoms with van der Waals surface area (Å²) in [6, 6.07) is 6.88. The second kappa shape index (κ2) is 6.13. The molecule has 0 spiro atoms. The molecule has 1 amide bonds. The normalized spacial score (nSPS) is 9.31. The number of benzene rings is 1. The van der Waals surface area contributed by atoms with Crippen LogP contribution in [0, 0.1) is 11.3 Å². The van der Waals surface area contributed by atoms with E-state index in [-0.39, 0.29) is 5.91 Å². The Morgan fingerprint density at radius 2 is 2.38 bits per heavy atom. The van der Waals surface area contributed by atoms with Crippen LogP contribution in [0.3, 0.4) is 0 Å². The fourth-order valence-corrected chi connectivity index (χ4v) is 1.52. The number of carbonyl (C=O) groups excluding carboxylic acids is 1. The lowest BCUT2D eigenvalue weighted by molar-refractivity contribution is -0.115. The van der Waals surface area contributed by atoms with Crippen LogP contribution < -0.4 is 10.1 Å². The predicted octanol–water partition coefficient (Wildman–Crippen LogP) is 2.29. The lowest BCUT2D eigenvalue weighted by Crippen LogP contribution is -2.12. The molecule has 0 aromatic heterocycles. The number of hydrogen-bond donors (Lipinski definition) is 1. The molecule has 0 unspecified atom stereocenters. The highest BCUT2D eigenvalue weighted by Gasteiger charge is 2.07. The molecular weight excluding hydrogens is 272 g/mol. The third kappa shape index (κ3) is 3.24. The zero-order chi connectivity index (χ0) is 12.0. The molecule has 0 radical (unpaired) electrons. The number of amides is 1. The van der Waals surface area contributed by atoms with Gasteiger partial charge < -0.3 is 10.1 Å². The van der Waals surface area contributed by atoms with Crippen LogP contribution in [0.25, 0.3) is 0 Å². The fraction of sp³-hybridized carbons (Fsp3) is 0.273. The van der Waals surface area contributed by atoms with Gasteiger partial charge in [0.05, 0.1) is 24.4 Å². The van der Waals surface area contributed by atoms with E-state index >= 15 is 0 Å². The van der Waals surface area contributed by atoms with Crippen molar-refractivity contribution in [3.05, 3.63) is 23.8 Å². The van der Waals surface area contributed by atoms with E-state index in [2.05, 4.69) is 21.2 Å². The average molecular weight is 283 g/mol. The smallest absolute Gasteiger partial charge is 0.225 e. The van der Waals surface area contributed by atoms with E-state index in [0.29, 0.717) is 28.8 Å². The molecule has 1 rings (SSSR count). The summed E-state index contributed by atoms with van der Waals surface area (Å²) in [6.45, 7) is 0. The number of nitriles is 1. The van der Waals surface area contributed by atoms with E-state index in [1.54, 1.807) is 18.2 Å². The fourth-order valence-electron chi connectivity index (χ4n) is 1.16. The molecule has 0 saturated heterocycles. The predicted molar refractivity (Wildman–Crippen MR) is 64.7 cm³/mol. The first-order valence-electron chi connectivity index (χ1n) is 4.65. The van der Waals surface area contributed by atoms with Gasteiger partial charge in [-0.15, -0.1) is 0 Å². The molecule has 0 aliphatic rings. The van der Waals surface area contributed by atoms with Crippen molar-refractivity contribution in [3.8, 4) is 11.8 Å². The van der Waals surface area contributed by atoms with E-state index in [1.165, 1.54) is 7.11 Å². The molecule has 5 heteroatoms. The molecule has 0 bridgehead atoms. The number of methoxy groups -OCH3 is 1. The minimum Gasteiger partial charge on any atom is -0.495 e. The number of alkyl halides is 1. The molecular formula is C11H11BrN2O2. The van der Waals surface area contributed by atoms with Crippen LogP contribution in [0.5, 0.6) is 5.75 Å². The molecule has 1 N–H and O–H groups in total. The van der Waals surface area contributed by atoms with E-state index < -0.39 is 0 Å². The minimum absolute atomic E-state index is 0.0973. The quantitative estimate of drug-likeness (QED) is 0.862. The van der Waals surface area contributed by atoms with Gasteiger partial charge in [-0.1, -0.05) is 15.9 Å². The van der Waals surface area contributed by atoms with E-state index in [4.69, 9.17) is 10.00 Å². The lowest BCUT2D eigenvalue weighted by Gasteiger charge is -2.09. The Bertz CT molecular complexity index is 426. The largest absolute Gasteiger partial charge is 0.495 e. The van der Waals surface area contributed by atoms with Crippen LogP contribution in [0.1, 0.15) is 12.0 Å². The number of rotatable bonds is 4. The number of anilines is 1. The van der Waals surface area contributed by atoms with Crippen molar-refractivity contribution in [2.24, 2.45) is 0 Å². The number of ether oxygens (including phenoxy) is 1. The average Bonchev–Trinajstić information content (AvgIpc) is 2.30. The number of nitrogens with zero attached hydrogens (tertiary/aromatic N) is 1. The SMILES string of the molecule is COc1cc(C#N)ccc1NC(=O)CCBr. The third-order valence-corrected chi connectivity index (χ3v) is 2.32. The van der Waals surface area contributed by atoms with Gasteiger partial charge in [-0.2, -0.15) is 5.26 Å². The zero-order valence-electron chi connectivity index (χ0n) is 8.79. The van der Waals surface area contributed by atoms with Gasteiger partial charge >= 0.3 is 0 Å². The zero-order valence-corrected chi connectivity index (χ0v) is 10.4. The summed E-state index contributed by atoms with van der Waals surface area (Å²) in [5.41, 5.74) is 1.07. The second-order valence-electron chi connectivity index (χ2n) is 3.01.